The third-order valence-corrected chi connectivity index (χ3v) is 6.20. The first kappa shape index (κ1) is 23.5. The first-order valence-corrected chi connectivity index (χ1v) is 11.5. The summed E-state index contributed by atoms with van der Waals surface area (Å²) in [7, 11) is 0. The predicted molar refractivity (Wildman–Crippen MR) is 137 cm³/mol. The third-order valence-electron chi connectivity index (χ3n) is 6.20. The highest BCUT2D eigenvalue weighted by Gasteiger charge is 2.21. The number of carbonyl (C=O) groups excluding carboxylic acids is 1. The minimum atomic E-state index is -0.282. The van der Waals surface area contributed by atoms with E-state index >= 15 is 0 Å². The Bertz CT molecular complexity index is 1420. The van der Waals surface area contributed by atoms with Gasteiger partial charge in [-0.15, -0.1) is 0 Å². The molecule has 0 unspecified atom stereocenters. The van der Waals surface area contributed by atoms with Gasteiger partial charge in [0.25, 0.3) is 0 Å². The zero-order chi connectivity index (χ0) is 24.6. The molecule has 3 aromatic carbocycles. The highest BCUT2D eigenvalue weighted by Crippen LogP contribution is 2.33. The van der Waals surface area contributed by atoms with Crippen molar-refractivity contribution in [2.24, 2.45) is 0 Å². The summed E-state index contributed by atoms with van der Waals surface area (Å²) in [6.45, 7) is 12.1. The van der Waals surface area contributed by atoms with E-state index in [1.807, 2.05) is 69.3 Å². The van der Waals surface area contributed by atoms with Gasteiger partial charge in [-0.25, -0.2) is 0 Å². The molecule has 0 amide bonds. The van der Waals surface area contributed by atoms with E-state index in [0.29, 0.717) is 22.3 Å². The van der Waals surface area contributed by atoms with Crippen LogP contribution in [0.25, 0.3) is 22.3 Å². The molecule has 4 aromatic rings. The van der Waals surface area contributed by atoms with Gasteiger partial charge in [-0.05, 0) is 55.0 Å². The number of carbonyl (C=O) groups is 1. The van der Waals surface area contributed by atoms with Gasteiger partial charge in [-0.1, -0.05) is 74.9 Å². The van der Waals surface area contributed by atoms with Gasteiger partial charge >= 0.3 is 0 Å². The van der Waals surface area contributed by atoms with Gasteiger partial charge in [0.1, 0.15) is 5.58 Å². The number of hydrogen-bond donors (Lipinski definition) is 0. The largest absolute Gasteiger partial charge is 0.478 e. The summed E-state index contributed by atoms with van der Waals surface area (Å²) in [5, 5.41) is 0.441. The molecule has 0 N–H and O–H groups in total. The van der Waals surface area contributed by atoms with Gasteiger partial charge in [0.05, 0.1) is 5.39 Å². The number of benzene rings is 3. The van der Waals surface area contributed by atoms with Crippen LogP contribution in [0.1, 0.15) is 53.4 Å². The van der Waals surface area contributed by atoms with Crippen LogP contribution >= 0.6 is 0 Å². The lowest BCUT2D eigenvalue weighted by Gasteiger charge is -2.19. The van der Waals surface area contributed by atoms with E-state index in [9.17, 15) is 9.59 Å². The van der Waals surface area contributed by atoms with Crippen molar-refractivity contribution >= 4 is 16.8 Å². The Hall–Kier alpha value is -3.66. The van der Waals surface area contributed by atoms with Crippen molar-refractivity contribution in [2.75, 3.05) is 6.61 Å². The van der Waals surface area contributed by atoms with Crippen molar-refractivity contribution in [3.05, 3.63) is 98.7 Å². The Morgan fingerprint density at radius 1 is 0.882 bits per heavy atom. The topological polar surface area (TPSA) is 56.5 Å². The summed E-state index contributed by atoms with van der Waals surface area (Å²) in [5.41, 5.74) is 5.74. The first-order chi connectivity index (χ1) is 16.0. The SMILES string of the molecule is Cc1ccc(C(=O)COc2c(-c3ccc(C(C)(C)C)cc3)oc3cc(C)c(C)cc3c2=O)cc1. The molecule has 4 heteroatoms. The minimum Gasteiger partial charge on any atom is -0.478 e. The number of rotatable bonds is 5. The lowest BCUT2D eigenvalue weighted by Crippen LogP contribution is -2.17. The van der Waals surface area contributed by atoms with E-state index in [-0.39, 0.29) is 29.0 Å². The molecule has 0 aliphatic heterocycles. The Labute approximate surface area is 200 Å². The average Bonchev–Trinajstić information content (AvgIpc) is 2.79. The first-order valence-electron chi connectivity index (χ1n) is 11.5. The van der Waals surface area contributed by atoms with Crippen LogP contribution in [0.15, 0.2) is 69.9 Å². The Morgan fingerprint density at radius 3 is 2.12 bits per heavy atom. The third kappa shape index (κ3) is 4.67. The molecule has 0 radical (unpaired) electrons. The molecule has 0 atom stereocenters. The van der Waals surface area contributed by atoms with Crippen molar-refractivity contribution in [1.82, 2.24) is 0 Å². The van der Waals surface area contributed by atoms with E-state index < -0.39 is 0 Å². The van der Waals surface area contributed by atoms with Crippen molar-refractivity contribution in [1.29, 1.82) is 0 Å². The number of ether oxygens (including phenoxy) is 1. The summed E-state index contributed by atoms with van der Waals surface area (Å²) < 4.78 is 12.1. The molecular weight excluding hydrogens is 424 g/mol. The zero-order valence-corrected chi connectivity index (χ0v) is 20.6. The molecule has 34 heavy (non-hydrogen) atoms. The fourth-order valence-corrected chi connectivity index (χ4v) is 3.84. The van der Waals surface area contributed by atoms with Gasteiger partial charge in [-0.2, -0.15) is 0 Å². The second kappa shape index (κ2) is 8.94. The maximum absolute atomic E-state index is 13.5. The number of Topliss-reactive ketones (excluding diaryl/α,β-unsaturated/α-hetero) is 1. The summed E-state index contributed by atoms with van der Waals surface area (Å²) in [4.78, 5) is 26.3. The van der Waals surface area contributed by atoms with Gasteiger partial charge < -0.3 is 9.15 Å². The van der Waals surface area contributed by atoms with Crippen LogP contribution in [0, 0.1) is 20.8 Å². The summed E-state index contributed by atoms with van der Waals surface area (Å²) in [5.74, 6) is 0.186. The summed E-state index contributed by atoms with van der Waals surface area (Å²) >= 11 is 0. The van der Waals surface area contributed by atoms with Crippen LogP contribution in [-0.4, -0.2) is 12.4 Å². The highest BCUT2D eigenvalue weighted by molar-refractivity contribution is 5.97. The molecule has 0 saturated carbocycles. The fourth-order valence-electron chi connectivity index (χ4n) is 3.84. The van der Waals surface area contributed by atoms with Crippen molar-refractivity contribution in [3.8, 4) is 17.1 Å². The molecule has 0 bridgehead atoms. The minimum absolute atomic E-state index is 0.00280. The predicted octanol–water partition coefficient (Wildman–Crippen LogP) is 6.94. The molecule has 4 rings (SSSR count). The monoisotopic (exact) mass is 454 g/mol. The van der Waals surface area contributed by atoms with Crippen molar-refractivity contribution in [2.45, 2.75) is 47.0 Å². The second-order valence-corrected chi connectivity index (χ2v) is 9.93. The Morgan fingerprint density at radius 2 is 1.50 bits per heavy atom. The fraction of sp³-hybridized carbons (Fsp3) is 0.267. The highest BCUT2D eigenvalue weighted by atomic mass is 16.5. The van der Waals surface area contributed by atoms with Crippen LogP contribution in [0.4, 0.5) is 0 Å². The van der Waals surface area contributed by atoms with Gasteiger partial charge in [0.15, 0.2) is 18.2 Å². The van der Waals surface area contributed by atoms with Crippen molar-refractivity contribution in [3.63, 3.8) is 0 Å². The number of fused-ring (bicyclic) bond motifs is 1. The second-order valence-electron chi connectivity index (χ2n) is 9.93. The van der Waals surface area contributed by atoms with Gasteiger partial charge in [0, 0.05) is 11.1 Å². The quantitative estimate of drug-likeness (QED) is 0.306. The van der Waals surface area contributed by atoms with E-state index in [4.69, 9.17) is 9.15 Å². The number of aryl methyl sites for hydroxylation is 3. The normalized spacial score (nSPS) is 11.6. The van der Waals surface area contributed by atoms with Crippen LogP contribution in [0.2, 0.25) is 0 Å². The summed E-state index contributed by atoms with van der Waals surface area (Å²) in [6, 6.07) is 18.9. The van der Waals surface area contributed by atoms with E-state index in [2.05, 4.69) is 20.8 Å². The van der Waals surface area contributed by atoms with Gasteiger partial charge in [-0.3, -0.25) is 9.59 Å². The molecule has 1 heterocycles. The summed E-state index contributed by atoms with van der Waals surface area (Å²) in [6.07, 6.45) is 0. The van der Waals surface area contributed by atoms with E-state index in [1.165, 1.54) is 5.56 Å². The van der Waals surface area contributed by atoms with Gasteiger partial charge in [0.2, 0.25) is 11.2 Å². The molecule has 0 aliphatic carbocycles. The Balaban J connectivity index is 1.80. The smallest absolute Gasteiger partial charge is 0.235 e. The van der Waals surface area contributed by atoms with Crippen LogP contribution < -0.4 is 10.2 Å². The molecule has 0 spiro atoms. The molecule has 4 nitrogen and oxygen atoms in total. The molecule has 1 aromatic heterocycles. The lowest BCUT2D eigenvalue weighted by atomic mass is 9.86. The maximum atomic E-state index is 13.5. The molecule has 0 saturated heterocycles. The molecule has 0 fully saturated rings. The standard InChI is InChI=1S/C30H30O4/c1-18-7-9-21(10-8-18)25(31)17-33-29-27(32)24-15-19(2)20(3)16-26(24)34-28(29)22-11-13-23(14-12-22)30(4,5)6/h7-16H,17H2,1-6H3. The van der Waals surface area contributed by atoms with Crippen molar-refractivity contribution < 1.29 is 13.9 Å². The maximum Gasteiger partial charge on any atom is 0.235 e. The van der Waals surface area contributed by atoms with E-state index in [0.717, 1.165) is 22.3 Å². The average molecular weight is 455 g/mol. The van der Waals surface area contributed by atoms with Crippen LogP contribution in [0.3, 0.4) is 0 Å². The molecule has 174 valence electrons. The van der Waals surface area contributed by atoms with Crippen LogP contribution in [-0.2, 0) is 5.41 Å². The number of hydrogen-bond acceptors (Lipinski definition) is 4. The lowest BCUT2D eigenvalue weighted by molar-refractivity contribution is 0.0920. The van der Waals surface area contributed by atoms with E-state index in [1.54, 1.807) is 12.1 Å². The molecule has 0 aliphatic rings. The Kier molecular flexibility index (Phi) is 6.18. The van der Waals surface area contributed by atoms with Crippen LogP contribution in [0.5, 0.6) is 5.75 Å². The zero-order valence-electron chi connectivity index (χ0n) is 20.6. The number of ketones is 1. The molecular formula is C30H30O4.